The van der Waals surface area contributed by atoms with E-state index >= 15 is 0 Å². The number of hydrogen-bond donors (Lipinski definition) is 1. The molecule has 1 fully saturated rings. The van der Waals surface area contributed by atoms with Gasteiger partial charge in [0.15, 0.2) is 6.04 Å². The molecule has 1 heterocycles. The number of cyclic esters (lactones) is 1. The van der Waals surface area contributed by atoms with Gasteiger partial charge in [0, 0.05) is 12.5 Å². The van der Waals surface area contributed by atoms with Crippen LogP contribution in [-0.2, 0) is 34.9 Å². The van der Waals surface area contributed by atoms with Crippen LogP contribution in [0.2, 0.25) is 0 Å². The van der Waals surface area contributed by atoms with E-state index in [1.165, 1.54) is 0 Å². The van der Waals surface area contributed by atoms with Crippen molar-refractivity contribution < 1.29 is 33.3 Å². The number of unbranched alkanes of at least 4 members (excludes halogenated alkanes) is 1. The third kappa shape index (κ3) is 10.1. The zero-order chi connectivity index (χ0) is 24.3. The van der Waals surface area contributed by atoms with Gasteiger partial charge in [0.1, 0.15) is 18.5 Å². The van der Waals surface area contributed by atoms with Gasteiger partial charge >= 0.3 is 12.1 Å². The van der Waals surface area contributed by atoms with E-state index < -0.39 is 29.8 Å². The molecule has 0 aromatic heterocycles. The van der Waals surface area contributed by atoms with Crippen LogP contribution in [0.4, 0.5) is 4.79 Å². The van der Waals surface area contributed by atoms with Crippen LogP contribution in [-0.4, -0.2) is 62.5 Å². The Morgan fingerprint density at radius 1 is 1.18 bits per heavy atom. The summed E-state index contributed by atoms with van der Waals surface area (Å²) in [5, 5.41) is 2.56. The first kappa shape index (κ1) is 27.1. The maximum Gasteiger partial charge on any atom is 0.408 e. The third-order valence-electron chi connectivity index (χ3n) is 5.25. The van der Waals surface area contributed by atoms with Crippen LogP contribution < -0.4 is 5.32 Å². The molecule has 0 unspecified atom stereocenters. The number of rotatable bonds is 9. The van der Waals surface area contributed by atoms with Crippen molar-refractivity contribution in [1.29, 1.82) is 0 Å². The normalized spacial score (nSPS) is 24.2. The van der Waals surface area contributed by atoms with E-state index in [1.807, 2.05) is 37.3 Å². The van der Waals surface area contributed by atoms with E-state index in [1.54, 1.807) is 20.8 Å². The second-order valence-corrected chi connectivity index (χ2v) is 9.32. The summed E-state index contributed by atoms with van der Waals surface area (Å²) in [6, 6.07) is 9.00. The zero-order valence-corrected chi connectivity index (χ0v) is 20.5. The molecule has 1 N–H and O–H groups in total. The number of esters is 1. The molecule has 1 aromatic carbocycles. The largest absolute Gasteiger partial charge is 0.461 e. The van der Waals surface area contributed by atoms with E-state index in [0.29, 0.717) is 13.0 Å². The van der Waals surface area contributed by atoms with Gasteiger partial charge in [-0.3, -0.25) is 0 Å². The molecule has 8 heteroatoms. The molecule has 4 atom stereocenters. The summed E-state index contributed by atoms with van der Waals surface area (Å²) in [5.74, 6) is -0.724. The number of carbonyl (C=O) groups is 2. The molecule has 1 saturated heterocycles. The van der Waals surface area contributed by atoms with E-state index in [4.69, 9.17) is 23.7 Å². The van der Waals surface area contributed by atoms with Crippen LogP contribution in [0.1, 0.15) is 53.0 Å². The predicted molar refractivity (Wildman–Crippen MR) is 124 cm³/mol. The van der Waals surface area contributed by atoms with Gasteiger partial charge in [0.2, 0.25) is 0 Å². The maximum atomic E-state index is 12.8. The fourth-order valence-corrected chi connectivity index (χ4v) is 3.50. The highest BCUT2D eigenvalue weighted by molar-refractivity contribution is 5.81. The molecule has 1 aliphatic heterocycles. The number of alkyl carbamates (subject to hydrolysis) is 1. The SMILES string of the molecule is CCCCOCO[C@H]1COC[C@H](NC(=O)OC(C)(C)C)C(=O)O[C@@H](C)[C@@H]1Cc1ccccc1. The minimum atomic E-state index is -0.973. The first-order valence-electron chi connectivity index (χ1n) is 11.7. The van der Waals surface area contributed by atoms with Crippen molar-refractivity contribution in [3.63, 3.8) is 0 Å². The van der Waals surface area contributed by atoms with Crippen LogP contribution >= 0.6 is 0 Å². The average molecular weight is 466 g/mol. The Labute approximate surface area is 197 Å². The molecule has 0 spiro atoms. The van der Waals surface area contributed by atoms with Crippen LogP contribution in [0.5, 0.6) is 0 Å². The Balaban J connectivity index is 2.11. The molecule has 2 rings (SSSR count). The standard InChI is InChI=1S/C25H39NO7/c1-6-7-13-29-17-31-22-16-30-15-21(26-24(28)33-25(3,4)5)23(27)32-18(2)20(22)14-19-11-9-8-10-12-19/h8-12,18,20-22H,6-7,13-17H2,1-5H3,(H,26,28)/t18-,20-,21-,22-/m0/s1. The Kier molecular flexibility index (Phi) is 11.1. The summed E-state index contributed by atoms with van der Waals surface area (Å²) >= 11 is 0. The summed E-state index contributed by atoms with van der Waals surface area (Å²) in [7, 11) is 0. The number of hydrogen-bond acceptors (Lipinski definition) is 7. The molecule has 186 valence electrons. The lowest BCUT2D eigenvalue weighted by Crippen LogP contribution is -2.47. The summed E-state index contributed by atoms with van der Waals surface area (Å²) in [6.45, 7) is 10.2. The quantitative estimate of drug-likeness (QED) is 0.336. The Bertz CT molecular complexity index is 719. The Morgan fingerprint density at radius 3 is 2.58 bits per heavy atom. The summed E-state index contributed by atoms with van der Waals surface area (Å²) in [4.78, 5) is 25.0. The highest BCUT2D eigenvalue weighted by Gasteiger charge is 2.36. The molecule has 0 bridgehead atoms. The highest BCUT2D eigenvalue weighted by atomic mass is 16.7. The molecule has 0 radical (unpaired) electrons. The number of ether oxygens (including phenoxy) is 5. The van der Waals surface area contributed by atoms with Crippen LogP contribution in [0.25, 0.3) is 0 Å². The molecule has 1 aliphatic rings. The lowest BCUT2D eigenvalue weighted by Gasteiger charge is -2.30. The van der Waals surface area contributed by atoms with Crippen LogP contribution in [0.15, 0.2) is 30.3 Å². The topological polar surface area (TPSA) is 92.3 Å². The fraction of sp³-hybridized carbons (Fsp3) is 0.680. The van der Waals surface area contributed by atoms with Gasteiger partial charge < -0.3 is 29.0 Å². The number of benzene rings is 1. The first-order chi connectivity index (χ1) is 15.7. The Hall–Kier alpha value is -2.16. The summed E-state index contributed by atoms with van der Waals surface area (Å²) < 4.78 is 28.5. The van der Waals surface area contributed by atoms with E-state index in [0.717, 1.165) is 18.4 Å². The van der Waals surface area contributed by atoms with Gasteiger partial charge in [-0.05, 0) is 46.1 Å². The molecular weight excluding hydrogens is 426 g/mol. The second kappa shape index (κ2) is 13.5. The average Bonchev–Trinajstić information content (AvgIpc) is 2.78. The monoisotopic (exact) mass is 465 g/mol. The molecular formula is C25H39NO7. The predicted octanol–water partition coefficient (Wildman–Crippen LogP) is 3.86. The molecule has 0 aliphatic carbocycles. The van der Waals surface area contributed by atoms with Gasteiger partial charge in [-0.2, -0.15) is 0 Å². The molecule has 1 aromatic rings. The Morgan fingerprint density at radius 2 is 1.91 bits per heavy atom. The molecule has 8 nitrogen and oxygen atoms in total. The smallest absolute Gasteiger partial charge is 0.408 e. The molecule has 0 saturated carbocycles. The van der Waals surface area contributed by atoms with Crippen molar-refractivity contribution in [3.8, 4) is 0 Å². The lowest BCUT2D eigenvalue weighted by molar-refractivity contribution is -0.159. The maximum absolute atomic E-state index is 12.8. The third-order valence-corrected chi connectivity index (χ3v) is 5.25. The summed E-state index contributed by atoms with van der Waals surface area (Å²) in [6.07, 6.45) is 1.13. The van der Waals surface area contributed by atoms with Crippen molar-refractivity contribution in [3.05, 3.63) is 35.9 Å². The van der Waals surface area contributed by atoms with Gasteiger partial charge in [0.25, 0.3) is 0 Å². The highest BCUT2D eigenvalue weighted by Crippen LogP contribution is 2.24. The second-order valence-electron chi connectivity index (χ2n) is 9.32. The zero-order valence-electron chi connectivity index (χ0n) is 20.5. The fourth-order valence-electron chi connectivity index (χ4n) is 3.50. The van der Waals surface area contributed by atoms with Crippen molar-refractivity contribution in [2.75, 3.05) is 26.6 Å². The van der Waals surface area contributed by atoms with Crippen molar-refractivity contribution in [1.82, 2.24) is 5.32 Å². The minimum absolute atomic E-state index is 0.0423. The van der Waals surface area contributed by atoms with Crippen molar-refractivity contribution in [2.24, 2.45) is 5.92 Å². The minimum Gasteiger partial charge on any atom is -0.461 e. The van der Waals surface area contributed by atoms with Crippen molar-refractivity contribution in [2.45, 2.75) is 77.7 Å². The molecule has 33 heavy (non-hydrogen) atoms. The number of carbonyl (C=O) groups excluding carboxylic acids is 2. The van der Waals surface area contributed by atoms with Gasteiger partial charge in [-0.1, -0.05) is 43.7 Å². The van der Waals surface area contributed by atoms with Gasteiger partial charge in [-0.15, -0.1) is 0 Å². The first-order valence-corrected chi connectivity index (χ1v) is 11.7. The summed E-state index contributed by atoms with van der Waals surface area (Å²) in [5.41, 5.74) is 0.423. The van der Waals surface area contributed by atoms with Gasteiger partial charge in [-0.25, -0.2) is 9.59 Å². The van der Waals surface area contributed by atoms with E-state index in [-0.39, 0.29) is 32.0 Å². The van der Waals surface area contributed by atoms with Crippen LogP contribution in [0, 0.1) is 5.92 Å². The lowest BCUT2D eigenvalue weighted by atomic mass is 9.89. The number of amides is 1. The molecule has 1 amide bonds. The van der Waals surface area contributed by atoms with Gasteiger partial charge in [0.05, 0.1) is 19.3 Å². The number of nitrogens with one attached hydrogen (secondary N) is 1. The van der Waals surface area contributed by atoms with E-state index in [9.17, 15) is 9.59 Å². The van der Waals surface area contributed by atoms with Crippen molar-refractivity contribution >= 4 is 12.1 Å². The van der Waals surface area contributed by atoms with E-state index in [2.05, 4.69) is 12.2 Å². The van der Waals surface area contributed by atoms with Crippen LogP contribution in [0.3, 0.4) is 0 Å².